The fourth-order valence-corrected chi connectivity index (χ4v) is 3.20. The molecule has 0 aliphatic carbocycles. The second-order valence-corrected chi connectivity index (χ2v) is 5.92. The number of carbonyl (C=O) groups excluding carboxylic acids is 1. The molecule has 3 aromatic carbocycles. The zero-order chi connectivity index (χ0) is 18.3. The van der Waals surface area contributed by atoms with Crippen LogP contribution < -0.4 is 5.32 Å². The number of anilines is 1. The summed E-state index contributed by atoms with van der Waals surface area (Å²) >= 11 is 0. The second kappa shape index (κ2) is 6.00. The third-order valence-electron chi connectivity index (χ3n) is 4.23. The highest BCUT2D eigenvalue weighted by Gasteiger charge is 2.21. The van der Waals surface area contributed by atoms with Crippen LogP contribution in [0.3, 0.4) is 0 Å². The molecule has 4 aromatic rings. The van der Waals surface area contributed by atoms with Crippen molar-refractivity contribution in [2.24, 2.45) is 0 Å². The number of nitrogens with zero attached hydrogens (tertiary/aromatic N) is 1. The highest BCUT2D eigenvalue weighted by atomic mass is 16.6. The topological polar surface area (TPSA) is 85.4 Å². The maximum atomic E-state index is 11.5. The van der Waals surface area contributed by atoms with Crippen LogP contribution in [-0.4, -0.2) is 10.8 Å². The van der Waals surface area contributed by atoms with Gasteiger partial charge in [0.05, 0.1) is 16.2 Å². The molecule has 0 saturated carbocycles. The molecular weight excluding hydrogens is 332 g/mol. The summed E-state index contributed by atoms with van der Waals surface area (Å²) in [6.45, 7) is 1.42. The SMILES string of the molecule is CC(=O)Nc1ccc(-c2ccccc2[N+](=O)[O-])c2c1oc1ccccc12. The third-order valence-corrected chi connectivity index (χ3v) is 4.23. The predicted molar refractivity (Wildman–Crippen MR) is 100 cm³/mol. The van der Waals surface area contributed by atoms with E-state index < -0.39 is 4.92 Å². The van der Waals surface area contributed by atoms with Gasteiger partial charge in [-0.2, -0.15) is 0 Å². The number of nitro benzene ring substituents is 1. The Kier molecular flexibility index (Phi) is 3.65. The van der Waals surface area contributed by atoms with E-state index in [4.69, 9.17) is 4.42 Å². The fraction of sp³-hybridized carbons (Fsp3) is 0.0500. The summed E-state index contributed by atoms with van der Waals surface area (Å²) in [5.74, 6) is -0.217. The molecule has 26 heavy (non-hydrogen) atoms. The van der Waals surface area contributed by atoms with E-state index >= 15 is 0 Å². The molecular formula is C20H14N2O4. The van der Waals surface area contributed by atoms with Gasteiger partial charge in [-0.25, -0.2) is 0 Å². The van der Waals surface area contributed by atoms with Gasteiger partial charge >= 0.3 is 0 Å². The van der Waals surface area contributed by atoms with Gasteiger partial charge in [-0.05, 0) is 18.2 Å². The van der Waals surface area contributed by atoms with Gasteiger partial charge in [0.1, 0.15) is 5.58 Å². The number of benzene rings is 3. The van der Waals surface area contributed by atoms with Gasteiger partial charge in [-0.15, -0.1) is 0 Å². The van der Waals surface area contributed by atoms with Gasteiger partial charge in [0.25, 0.3) is 5.69 Å². The number of hydrogen-bond acceptors (Lipinski definition) is 4. The van der Waals surface area contributed by atoms with E-state index in [0.29, 0.717) is 28.0 Å². The van der Waals surface area contributed by atoms with Crippen LogP contribution in [0.25, 0.3) is 33.1 Å². The Labute approximate surface area is 148 Å². The first kappa shape index (κ1) is 15.8. The molecule has 0 unspecified atom stereocenters. The first-order valence-corrected chi connectivity index (χ1v) is 8.02. The molecule has 0 aliphatic heterocycles. The maximum absolute atomic E-state index is 11.5. The molecule has 6 nitrogen and oxygen atoms in total. The summed E-state index contributed by atoms with van der Waals surface area (Å²) in [5.41, 5.74) is 2.89. The molecule has 0 fully saturated rings. The average molecular weight is 346 g/mol. The Hall–Kier alpha value is -3.67. The summed E-state index contributed by atoms with van der Waals surface area (Å²) < 4.78 is 5.96. The molecule has 4 rings (SSSR count). The first-order valence-electron chi connectivity index (χ1n) is 8.02. The van der Waals surface area contributed by atoms with E-state index in [2.05, 4.69) is 5.32 Å². The molecule has 6 heteroatoms. The van der Waals surface area contributed by atoms with E-state index in [9.17, 15) is 14.9 Å². The summed E-state index contributed by atoms with van der Waals surface area (Å²) in [5, 5.41) is 15.8. The number of fused-ring (bicyclic) bond motifs is 3. The number of nitrogens with one attached hydrogen (secondary N) is 1. The van der Waals surface area contributed by atoms with Gasteiger partial charge < -0.3 is 9.73 Å². The van der Waals surface area contributed by atoms with Crippen LogP contribution in [-0.2, 0) is 4.79 Å². The molecule has 0 atom stereocenters. The van der Waals surface area contributed by atoms with Gasteiger partial charge in [-0.3, -0.25) is 14.9 Å². The summed E-state index contributed by atoms with van der Waals surface area (Å²) in [7, 11) is 0. The zero-order valence-electron chi connectivity index (χ0n) is 13.9. The number of hydrogen-bond donors (Lipinski definition) is 1. The summed E-state index contributed by atoms with van der Waals surface area (Å²) in [4.78, 5) is 22.6. The molecule has 0 radical (unpaired) electrons. The first-order chi connectivity index (χ1) is 12.6. The van der Waals surface area contributed by atoms with Crippen molar-refractivity contribution in [3.05, 3.63) is 70.8 Å². The number of furan rings is 1. The lowest BCUT2D eigenvalue weighted by Crippen LogP contribution is -2.05. The van der Waals surface area contributed by atoms with Crippen LogP contribution in [0.4, 0.5) is 11.4 Å². The van der Waals surface area contributed by atoms with Crippen molar-refractivity contribution in [3.8, 4) is 11.1 Å². The third kappa shape index (κ3) is 2.48. The molecule has 0 aliphatic rings. The smallest absolute Gasteiger partial charge is 0.277 e. The molecule has 0 saturated heterocycles. The van der Waals surface area contributed by atoms with Crippen molar-refractivity contribution in [2.75, 3.05) is 5.32 Å². The minimum absolute atomic E-state index is 0.0198. The van der Waals surface area contributed by atoms with E-state index in [0.717, 1.165) is 10.8 Å². The second-order valence-electron chi connectivity index (χ2n) is 5.92. The number of nitro groups is 1. The van der Waals surface area contributed by atoms with Gasteiger partial charge in [0.15, 0.2) is 5.58 Å². The molecule has 1 N–H and O–H groups in total. The number of amides is 1. The average Bonchev–Trinajstić information content (AvgIpc) is 3.02. The van der Waals surface area contributed by atoms with Crippen LogP contribution in [0.15, 0.2) is 65.1 Å². The molecule has 1 heterocycles. The van der Waals surface area contributed by atoms with Gasteiger partial charge in [0, 0.05) is 29.3 Å². The van der Waals surface area contributed by atoms with Crippen molar-refractivity contribution in [1.82, 2.24) is 0 Å². The highest BCUT2D eigenvalue weighted by Crippen LogP contribution is 2.42. The lowest BCUT2D eigenvalue weighted by molar-refractivity contribution is -0.384. The monoisotopic (exact) mass is 346 g/mol. The standard InChI is InChI=1S/C20H14N2O4/c1-12(23)21-16-11-10-14(13-6-2-4-8-17(13)22(24)25)19-15-7-3-5-9-18(15)26-20(16)19/h2-11H,1H3,(H,21,23). The maximum Gasteiger partial charge on any atom is 0.277 e. The van der Waals surface area contributed by atoms with Crippen molar-refractivity contribution in [3.63, 3.8) is 0 Å². The highest BCUT2D eigenvalue weighted by molar-refractivity contribution is 6.17. The van der Waals surface area contributed by atoms with Crippen LogP contribution in [0.5, 0.6) is 0 Å². The Bertz CT molecular complexity index is 1180. The van der Waals surface area contributed by atoms with E-state index in [1.807, 2.05) is 24.3 Å². The summed E-state index contributed by atoms with van der Waals surface area (Å²) in [6.07, 6.45) is 0. The minimum atomic E-state index is -0.398. The van der Waals surface area contributed by atoms with Gasteiger partial charge in [-0.1, -0.05) is 36.4 Å². The molecule has 1 aromatic heterocycles. The quantitative estimate of drug-likeness (QED) is 0.412. The summed E-state index contributed by atoms with van der Waals surface area (Å²) in [6, 6.07) is 17.5. The van der Waals surface area contributed by atoms with Crippen LogP contribution in [0, 0.1) is 10.1 Å². The lowest BCUT2D eigenvalue weighted by Gasteiger charge is -2.08. The Morgan fingerprint density at radius 2 is 1.73 bits per heavy atom. The molecule has 1 amide bonds. The van der Waals surface area contributed by atoms with Crippen LogP contribution in [0.2, 0.25) is 0 Å². The minimum Gasteiger partial charge on any atom is -0.454 e. The van der Waals surface area contributed by atoms with E-state index in [1.54, 1.807) is 30.3 Å². The van der Waals surface area contributed by atoms with Gasteiger partial charge in [0.2, 0.25) is 5.91 Å². The lowest BCUT2D eigenvalue weighted by atomic mass is 9.97. The number of rotatable bonds is 3. The van der Waals surface area contributed by atoms with Crippen molar-refractivity contribution < 1.29 is 14.1 Å². The molecule has 0 bridgehead atoms. The van der Waals surface area contributed by atoms with Crippen LogP contribution in [0.1, 0.15) is 6.92 Å². The number of carbonyl (C=O) groups is 1. The number of para-hydroxylation sites is 2. The Morgan fingerprint density at radius 1 is 1.00 bits per heavy atom. The Morgan fingerprint density at radius 3 is 2.50 bits per heavy atom. The zero-order valence-corrected chi connectivity index (χ0v) is 13.9. The predicted octanol–water partition coefficient (Wildman–Crippen LogP) is 5.12. The van der Waals surface area contributed by atoms with E-state index in [-0.39, 0.29) is 11.6 Å². The molecule has 128 valence electrons. The molecule has 0 spiro atoms. The van der Waals surface area contributed by atoms with Crippen molar-refractivity contribution >= 4 is 39.2 Å². The Balaban J connectivity index is 2.12. The fourth-order valence-electron chi connectivity index (χ4n) is 3.20. The van der Waals surface area contributed by atoms with Crippen molar-refractivity contribution in [1.29, 1.82) is 0 Å². The largest absolute Gasteiger partial charge is 0.454 e. The van der Waals surface area contributed by atoms with Crippen LogP contribution >= 0.6 is 0 Å². The normalized spacial score (nSPS) is 11.0. The van der Waals surface area contributed by atoms with Crippen molar-refractivity contribution in [2.45, 2.75) is 6.92 Å². The van der Waals surface area contributed by atoms with E-state index in [1.165, 1.54) is 13.0 Å².